The summed E-state index contributed by atoms with van der Waals surface area (Å²) in [6.07, 6.45) is -0.326. The molecule has 4 bridgehead atoms. The molecule has 3 fully saturated rings. The van der Waals surface area contributed by atoms with Crippen LogP contribution in [0.1, 0.15) is 65.4 Å². The lowest BCUT2D eigenvalue weighted by molar-refractivity contribution is -0.162. The second-order valence-electron chi connectivity index (χ2n) is 17.6. The van der Waals surface area contributed by atoms with Crippen LogP contribution in [-0.4, -0.2) is 168 Å². The van der Waals surface area contributed by atoms with Crippen molar-refractivity contribution in [2.75, 3.05) is 52.1 Å². The van der Waals surface area contributed by atoms with E-state index in [1.54, 1.807) is 38.1 Å². The van der Waals surface area contributed by atoms with Gasteiger partial charge >= 0.3 is 18.0 Å². The van der Waals surface area contributed by atoms with Crippen molar-refractivity contribution in [2.24, 2.45) is 11.7 Å². The molecule has 1 aromatic carbocycles. The third-order valence-corrected chi connectivity index (χ3v) is 14.4. The molecule has 4 aliphatic rings. The lowest BCUT2D eigenvalue weighted by Gasteiger charge is -2.42. The number of thioether (sulfide) groups is 1. The van der Waals surface area contributed by atoms with Gasteiger partial charge in [-0.25, -0.2) is 9.59 Å². The zero-order chi connectivity index (χ0) is 50.4. The molecule has 1 aromatic rings. The molecule has 10 atom stereocenters. The lowest BCUT2D eigenvalue weighted by Crippen LogP contribution is -2.63. The van der Waals surface area contributed by atoms with Crippen LogP contribution in [0.4, 0.5) is 10.5 Å². The number of halogens is 1. The number of carboxylic acids is 1. The van der Waals surface area contributed by atoms with E-state index in [1.807, 2.05) is 13.0 Å². The van der Waals surface area contributed by atoms with Crippen molar-refractivity contribution in [1.29, 1.82) is 0 Å². The number of carbonyl (C=O) groups excluding carboxylic acids is 7. The second kappa shape index (κ2) is 22.4. The number of carboxylic acid groups (broad SMARTS) is 1. The average Bonchev–Trinajstić information content (AvgIpc) is 3.91. The summed E-state index contributed by atoms with van der Waals surface area (Å²) in [7, 11) is 5.78. The van der Waals surface area contributed by atoms with Crippen molar-refractivity contribution in [3.8, 4) is 5.75 Å². The maximum Gasteiger partial charge on any atom is 0.409 e. The van der Waals surface area contributed by atoms with Crippen molar-refractivity contribution in [3.05, 3.63) is 46.5 Å². The minimum atomic E-state index is -1.89. The third kappa shape index (κ3) is 12.5. The Hall–Kier alpha value is -5.26. The molecule has 3 saturated heterocycles. The highest BCUT2D eigenvalue weighted by atomic mass is 35.5. The van der Waals surface area contributed by atoms with Gasteiger partial charge in [0.2, 0.25) is 29.5 Å². The number of allylic oxidation sites excluding steroid dienone is 3. The van der Waals surface area contributed by atoms with Crippen LogP contribution in [-0.2, 0) is 58.9 Å². The van der Waals surface area contributed by atoms with Gasteiger partial charge in [0.05, 0.1) is 30.6 Å². The van der Waals surface area contributed by atoms with E-state index in [1.165, 1.54) is 45.0 Å². The number of aliphatic carboxylic acids is 1. The smallest absolute Gasteiger partial charge is 0.409 e. The highest BCUT2D eigenvalue weighted by Gasteiger charge is 2.64. The van der Waals surface area contributed by atoms with Gasteiger partial charge < -0.3 is 54.7 Å². The van der Waals surface area contributed by atoms with Crippen molar-refractivity contribution in [3.63, 3.8) is 0 Å². The van der Waals surface area contributed by atoms with E-state index in [2.05, 4.69) is 10.6 Å². The maximum absolute atomic E-state index is 14.3. The van der Waals surface area contributed by atoms with Gasteiger partial charge in [-0.15, -0.1) is 11.8 Å². The van der Waals surface area contributed by atoms with E-state index in [-0.39, 0.29) is 49.5 Å². The molecule has 4 heterocycles. The first-order valence-corrected chi connectivity index (χ1v) is 23.4. The van der Waals surface area contributed by atoms with Crippen LogP contribution in [0.15, 0.2) is 35.9 Å². The summed E-state index contributed by atoms with van der Waals surface area (Å²) in [6, 6.07) is 1.01. The van der Waals surface area contributed by atoms with Crippen LogP contribution in [0.25, 0.3) is 0 Å². The van der Waals surface area contributed by atoms with Crippen LogP contribution in [0, 0.1) is 5.92 Å². The number of alkyl carbamates (subject to hydrolysis) is 1. The van der Waals surface area contributed by atoms with Gasteiger partial charge in [0.1, 0.15) is 46.8 Å². The van der Waals surface area contributed by atoms with Gasteiger partial charge in [-0.05, 0) is 44.9 Å². The molecule has 68 heavy (non-hydrogen) atoms. The number of nitrogens with one attached hydrogen (secondary N) is 2. The number of benzene rings is 1. The fourth-order valence-corrected chi connectivity index (χ4v) is 9.73. The largest absolute Gasteiger partial charge is 0.495 e. The van der Waals surface area contributed by atoms with Gasteiger partial charge in [-0.3, -0.25) is 39.0 Å². The standard InChI is InChI=1S/C45H61ClN6O15S/c1-23-10-9-11-32(64-8)45(62)21-30(65-43(61)49-45)24(2)39-44(4,67-39)33(20-36(55)51(6)28-17-26(16-23)18-29(63-7)38(28)46)66-42(60)25(3)50(5)35(54)13-15-68-31-19-37(56)52(40(31)57)14-12-34(53)48-22-27(47)41(58)59/h9-11,17-18,24-25,27,30-33,39,62H,12-16,19-22,47H2,1-8H3,(H,48,53)(H,49,61)(H,58,59)/b11-9+,23-10+/t24-,25+,27?,30+,31?,32-,33+,39+,44+,45+/m1/s1. The van der Waals surface area contributed by atoms with Gasteiger partial charge in [-0.2, -0.15) is 0 Å². The molecule has 0 spiro atoms. The zero-order valence-electron chi connectivity index (χ0n) is 39.3. The molecule has 0 saturated carbocycles. The first kappa shape index (κ1) is 53.7. The molecule has 6 N–H and O–H groups in total. The Morgan fingerprint density at radius 3 is 2.50 bits per heavy atom. The molecular weight excluding hydrogens is 932 g/mol. The number of hydrogen-bond acceptors (Lipinski definition) is 16. The summed E-state index contributed by atoms with van der Waals surface area (Å²) in [6.45, 7) is 6.21. The Balaban J connectivity index is 1.30. The molecule has 0 aliphatic carbocycles. The number of fused-ring (bicyclic) bond motifs is 5. The Morgan fingerprint density at radius 2 is 1.84 bits per heavy atom. The fourth-order valence-electron chi connectivity index (χ4n) is 8.31. The summed E-state index contributed by atoms with van der Waals surface area (Å²) in [5, 5.41) is 24.9. The van der Waals surface area contributed by atoms with E-state index in [4.69, 9.17) is 46.1 Å². The van der Waals surface area contributed by atoms with Crippen LogP contribution >= 0.6 is 23.4 Å². The number of likely N-dealkylation sites (N-methyl/N-ethyl adjacent to an activating group) is 1. The normalized spacial score (nSPS) is 29.6. The molecule has 21 nitrogen and oxygen atoms in total. The first-order chi connectivity index (χ1) is 31.9. The first-order valence-electron chi connectivity index (χ1n) is 22.0. The predicted octanol–water partition coefficient (Wildman–Crippen LogP) is 1.68. The van der Waals surface area contributed by atoms with Crippen LogP contribution in [0.3, 0.4) is 0 Å². The molecule has 5 rings (SSSR count). The molecule has 23 heteroatoms. The van der Waals surface area contributed by atoms with Crippen LogP contribution in [0.2, 0.25) is 5.02 Å². The van der Waals surface area contributed by atoms with Gasteiger partial charge in [0, 0.05) is 71.6 Å². The van der Waals surface area contributed by atoms with Gasteiger partial charge in [0.25, 0.3) is 0 Å². The number of anilines is 1. The van der Waals surface area contributed by atoms with Crippen LogP contribution < -0.4 is 26.0 Å². The number of nitrogens with zero attached hydrogens (tertiary/aromatic N) is 3. The number of aliphatic hydroxyl groups is 1. The minimum Gasteiger partial charge on any atom is -0.495 e. The van der Waals surface area contributed by atoms with Crippen molar-refractivity contribution in [2.45, 2.75) is 119 Å². The molecule has 374 valence electrons. The SMILES string of the molecule is COc1cc2cc(c1Cl)N(C)C(=O)C[C@H](OC(=O)[C@H](C)N(C)C(=O)CCSC1CC(=O)N(CCC(=O)NCC(N)C(=O)O)C1=O)[C@]1(C)O[C@H]1[C@H](C)[C@@H]1C[C@@](O)(NC(=O)O1)[C@H](OC)/C=C/C=C(\C)C2. The summed E-state index contributed by atoms with van der Waals surface area (Å²) < 4.78 is 29.3. The number of methoxy groups -OCH3 is 2. The van der Waals surface area contributed by atoms with E-state index in [9.17, 15) is 43.5 Å². The average molecular weight is 994 g/mol. The van der Waals surface area contributed by atoms with E-state index in [0.29, 0.717) is 17.9 Å². The number of hydrogen-bond donors (Lipinski definition) is 5. The van der Waals surface area contributed by atoms with E-state index in [0.717, 1.165) is 27.8 Å². The molecule has 6 amide bonds. The number of epoxide rings is 1. The van der Waals surface area contributed by atoms with Gasteiger partial charge in [-0.1, -0.05) is 42.3 Å². The minimum absolute atomic E-state index is 0.104. The number of likely N-dealkylation sites (tertiary alicyclic amines) is 1. The number of carbonyl (C=O) groups is 8. The number of rotatable bonds is 15. The predicted molar refractivity (Wildman–Crippen MR) is 246 cm³/mol. The number of imide groups is 1. The fraction of sp³-hybridized carbons (Fsp3) is 0.600. The molecule has 0 radical (unpaired) electrons. The number of esters is 1. The highest BCUT2D eigenvalue weighted by Crippen LogP contribution is 2.49. The summed E-state index contributed by atoms with van der Waals surface area (Å²) >= 11 is 7.86. The Morgan fingerprint density at radius 1 is 1.13 bits per heavy atom. The van der Waals surface area contributed by atoms with Crippen molar-refractivity contribution >= 4 is 76.6 Å². The zero-order valence-corrected chi connectivity index (χ0v) is 40.8. The molecule has 0 aromatic heterocycles. The quantitative estimate of drug-likeness (QED) is 0.0949. The van der Waals surface area contributed by atoms with Crippen molar-refractivity contribution in [1.82, 2.24) is 20.4 Å². The number of ether oxygens (including phenoxy) is 5. The Labute approximate surface area is 403 Å². The summed E-state index contributed by atoms with van der Waals surface area (Å²) in [5.41, 5.74) is 4.13. The topological polar surface area (TPSA) is 286 Å². The number of nitrogens with two attached hydrogens (primary N) is 1. The highest BCUT2D eigenvalue weighted by molar-refractivity contribution is 8.00. The van der Waals surface area contributed by atoms with Crippen molar-refractivity contribution < 1.29 is 72.3 Å². The Bertz CT molecular complexity index is 2210. The third-order valence-electron chi connectivity index (χ3n) is 12.8. The van der Waals surface area contributed by atoms with Crippen LogP contribution in [0.5, 0.6) is 5.75 Å². The lowest BCUT2D eigenvalue weighted by atomic mass is 9.83. The Kier molecular flexibility index (Phi) is 17.7. The monoisotopic (exact) mass is 992 g/mol. The van der Waals surface area contributed by atoms with Gasteiger partial charge in [0.15, 0.2) is 5.72 Å². The van der Waals surface area contributed by atoms with E-state index < -0.39 is 113 Å². The summed E-state index contributed by atoms with van der Waals surface area (Å²) in [5.74, 6) is -4.97. The second-order valence-corrected chi connectivity index (χ2v) is 19.3. The molecular formula is C45H61ClN6O15S. The van der Waals surface area contributed by atoms with E-state index >= 15 is 0 Å². The summed E-state index contributed by atoms with van der Waals surface area (Å²) in [4.78, 5) is 107. The number of amides is 6. The maximum atomic E-state index is 14.3. The molecule has 4 aliphatic heterocycles. The molecule has 2 unspecified atom stereocenters.